The summed E-state index contributed by atoms with van der Waals surface area (Å²) in [4.78, 5) is 30.6. The first kappa shape index (κ1) is 20.8. The van der Waals surface area contributed by atoms with Gasteiger partial charge in [0, 0.05) is 50.4 Å². The summed E-state index contributed by atoms with van der Waals surface area (Å²) >= 11 is 1.45. The molecule has 2 aliphatic heterocycles. The van der Waals surface area contributed by atoms with E-state index in [1.165, 1.54) is 36.0 Å². The van der Waals surface area contributed by atoms with E-state index in [2.05, 4.69) is 4.90 Å². The Kier molecular flexibility index (Phi) is 6.34. The van der Waals surface area contributed by atoms with Gasteiger partial charge in [-0.25, -0.2) is 8.78 Å². The van der Waals surface area contributed by atoms with Gasteiger partial charge in [0.2, 0.25) is 5.91 Å². The van der Waals surface area contributed by atoms with Gasteiger partial charge in [0.1, 0.15) is 17.0 Å². The van der Waals surface area contributed by atoms with Crippen molar-refractivity contribution in [2.45, 2.75) is 5.37 Å². The van der Waals surface area contributed by atoms with E-state index in [0.717, 1.165) is 0 Å². The molecule has 0 saturated carbocycles. The van der Waals surface area contributed by atoms with E-state index in [0.29, 0.717) is 56.1 Å². The van der Waals surface area contributed by atoms with Crippen LogP contribution in [0.2, 0.25) is 0 Å². The molecule has 2 fully saturated rings. The van der Waals surface area contributed by atoms with Crippen molar-refractivity contribution in [1.29, 1.82) is 0 Å². The Morgan fingerprint density at radius 1 is 1.00 bits per heavy atom. The molecule has 0 spiro atoms. The molecule has 8 heteroatoms. The summed E-state index contributed by atoms with van der Waals surface area (Å²) in [5.74, 6) is -0.501. The Morgan fingerprint density at radius 2 is 1.77 bits per heavy atom. The zero-order valence-electron chi connectivity index (χ0n) is 16.5. The molecule has 1 unspecified atom stereocenters. The minimum absolute atomic E-state index is 0.0215. The van der Waals surface area contributed by atoms with Crippen LogP contribution >= 0.6 is 11.8 Å². The van der Waals surface area contributed by atoms with Crippen molar-refractivity contribution in [1.82, 2.24) is 14.7 Å². The molecule has 0 aliphatic carbocycles. The normalized spacial score (nSPS) is 20.1. The van der Waals surface area contributed by atoms with Crippen molar-refractivity contribution in [3.8, 4) is 0 Å². The van der Waals surface area contributed by atoms with Crippen molar-refractivity contribution in [3.05, 3.63) is 71.3 Å². The third-order valence-electron chi connectivity index (χ3n) is 5.53. The molecule has 2 saturated heterocycles. The van der Waals surface area contributed by atoms with Crippen LogP contribution in [-0.4, -0.2) is 71.5 Å². The minimum atomic E-state index is -0.419. The summed E-state index contributed by atoms with van der Waals surface area (Å²) in [6.07, 6.45) is 0. The number of nitrogens with zero attached hydrogens (tertiary/aromatic N) is 3. The van der Waals surface area contributed by atoms with Gasteiger partial charge in [-0.2, -0.15) is 0 Å². The first-order valence-electron chi connectivity index (χ1n) is 9.95. The maximum absolute atomic E-state index is 14.2. The number of rotatable bonds is 5. The second-order valence-corrected chi connectivity index (χ2v) is 8.48. The van der Waals surface area contributed by atoms with Crippen molar-refractivity contribution >= 4 is 23.6 Å². The molecule has 2 heterocycles. The quantitative estimate of drug-likeness (QED) is 0.730. The molecule has 5 nitrogen and oxygen atoms in total. The number of carbonyl (C=O) groups excluding carboxylic acids is 2. The maximum Gasteiger partial charge on any atom is 0.254 e. The Bertz CT molecular complexity index is 934. The Labute approximate surface area is 178 Å². The van der Waals surface area contributed by atoms with E-state index < -0.39 is 5.82 Å². The molecular formula is C22H23F2N3O2S. The summed E-state index contributed by atoms with van der Waals surface area (Å²) in [6, 6.07) is 12.3. The van der Waals surface area contributed by atoms with Crippen LogP contribution in [0.3, 0.4) is 0 Å². The first-order valence-corrected chi connectivity index (χ1v) is 11.0. The number of thioether (sulfide) groups is 1. The highest BCUT2D eigenvalue weighted by Gasteiger charge is 2.34. The summed E-state index contributed by atoms with van der Waals surface area (Å²) in [7, 11) is 0. The molecule has 0 aromatic heterocycles. The highest BCUT2D eigenvalue weighted by molar-refractivity contribution is 8.00. The summed E-state index contributed by atoms with van der Waals surface area (Å²) < 4.78 is 27.6. The fraction of sp³-hybridized carbons (Fsp3) is 0.364. The van der Waals surface area contributed by atoms with Gasteiger partial charge in [-0.3, -0.25) is 14.5 Å². The molecule has 2 aromatic rings. The lowest BCUT2D eigenvalue weighted by Crippen LogP contribution is -2.50. The van der Waals surface area contributed by atoms with Crippen LogP contribution < -0.4 is 0 Å². The van der Waals surface area contributed by atoms with E-state index >= 15 is 0 Å². The third-order valence-corrected chi connectivity index (χ3v) is 6.77. The lowest BCUT2D eigenvalue weighted by Gasteiger charge is -2.36. The highest BCUT2D eigenvalue weighted by Crippen LogP contribution is 2.39. The number of hydrogen-bond acceptors (Lipinski definition) is 4. The fourth-order valence-corrected chi connectivity index (χ4v) is 5.10. The smallest absolute Gasteiger partial charge is 0.254 e. The predicted octanol–water partition coefficient (Wildman–Crippen LogP) is 3.00. The average molecular weight is 432 g/mol. The zero-order chi connectivity index (χ0) is 21.1. The lowest BCUT2D eigenvalue weighted by molar-refractivity contribution is -0.128. The zero-order valence-corrected chi connectivity index (χ0v) is 17.3. The molecule has 2 amide bonds. The number of amides is 2. The van der Waals surface area contributed by atoms with Gasteiger partial charge in [0.05, 0.1) is 5.75 Å². The molecule has 1 atom stereocenters. The first-order chi connectivity index (χ1) is 14.5. The monoisotopic (exact) mass is 431 g/mol. The molecule has 158 valence electrons. The van der Waals surface area contributed by atoms with Gasteiger partial charge >= 0.3 is 0 Å². The molecule has 4 rings (SSSR count). The van der Waals surface area contributed by atoms with Gasteiger partial charge < -0.3 is 9.80 Å². The number of halogens is 2. The SMILES string of the molecule is O=C(c1cccc(F)c1)N1CCN(CCN2C(=O)CSC2c2ccccc2F)CC1. The molecule has 0 N–H and O–H groups in total. The highest BCUT2D eigenvalue weighted by atomic mass is 32.2. The molecule has 30 heavy (non-hydrogen) atoms. The Balaban J connectivity index is 1.31. The van der Waals surface area contributed by atoms with Gasteiger partial charge in [0.25, 0.3) is 5.91 Å². The van der Waals surface area contributed by atoms with Crippen molar-refractivity contribution in [3.63, 3.8) is 0 Å². The second-order valence-electron chi connectivity index (χ2n) is 7.42. The van der Waals surface area contributed by atoms with Crippen molar-refractivity contribution < 1.29 is 18.4 Å². The van der Waals surface area contributed by atoms with Crippen LogP contribution in [-0.2, 0) is 4.79 Å². The van der Waals surface area contributed by atoms with E-state index in [1.54, 1.807) is 34.1 Å². The Hall–Kier alpha value is -2.45. The second kappa shape index (κ2) is 9.14. The van der Waals surface area contributed by atoms with Crippen LogP contribution in [0.25, 0.3) is 0 Å². The van der Waals surface area contributed by atoms with Crippen LogP contribution in [0.15, 0.2) is 48.5 Å². The number of hydrogen-bond donors (Lipinski definition) is 0. The van der Waals surface area contributed by atoms with E-state index in [-0.39, 0.29) is 23.0 Å². The van der Waals surface area contributed by atoms with Crippen LogP contribution in [0, 0.1) is 11.6 Å². The standard InChI is InChI=1S/C22H23F2N3O2S/c23-17-5-3-4-16(14-17)21(29)26-11-8-25(9-12-26)10-13-27-20(28)15-30-22(27)18-6-1-2-7-19(18)24/h1-7,14,22H,8-13,15H2. The molecular weight excluding hydrogens is 408 g/mol. The van der Waals surface area contributed by atoms with Gasteiger partial charge in [-0.1, -0.05) is 24.3 Å². The molecule has 2 aliphatic rings. The van der Waals surface area contributed by atoms with Crippen LogP contribution in [0.5, 0.6) is 0 Å². The summed E-state index contributed by atoms with van der Waals surface area (Å²) in [6.45, 7) is 3.65. The van der Waals surface area contributed by atoms with Crippen LogP contribution in [0.1, 0.15) is 21.3 Å². The molecule has 0 bridgehead atoms. The predicted molar refractivity (Wildman–Crippen MR) is 112 cm³/mol. The van der Waals surface area contributed by atoms with Gasteiger partial charge in [-0.05, 0) is 24.3 Å². The van der Waals surface area contributed by atoms with E-state index in [9.17, 15) is 18.4 Å². The van der Waals surface area contributed by atoms with E-state index in [1.807, 2.05) is 0 Å². The summed E-state index contributed by atoms with van der Waals surface area (Å²) in [5, 5.41) is -0.297. The lowest BCUT2D eigenvalue weighted by atomic mass is 10.1. The van der Waals surface area contributed by atoms with E-state index in [4.69, 9.17) is 0 Å². The number of benzene rings is 2. The topological polar surface area (TPSA) is 43.9 Å². The van der Waals surface area contributed by atoms with Gasteiger partial charge in [-0.15, -0.1) is 11.8 Å². The maximum atomic E-state index is 14.2. The molecule has 0 radical (unpaired) electrons. The van der Waals surface area contributed by atoms with Crippen molar-refractivity contribution in [2.75, 3.05) is 45.0 Å². The van der Waals surface area contributed by atoms with Gasteiger partial charge in [0.15, 0.2) is 0 Å². The minimum Gasteiger partial charge on any atom is -0.336 e. The van der Waals surface area contributed by atoms with Crippen molar-refractivity contribution in [2.24, 2.45) is 0 Å². The Morgan fingerprint density at radius 3 is 2.50 bits per heavy atom. The molecule has 2 aromatic carbocycles. The number of piperazine rings is 1. The average Bonchev–Trinajstić information content (AvgIpc) is 3.12. The number of carbonyl (C=O) groups is 2. The summed E-state index contributed by atoms with van der Waals surface area (Å²) in [5.41, 5.74) is 0.898. The fourth-order valence-electron chi connectivity index (χ4n) is 3.86. The third kappa shape index (κ3) is 4.49. The van der Waals surface area contributed by atoms with Crippen LogP contribution in [0.4, 0.5) is 8.78 Å². The largest absolute Gasteiger partial charge is 0.336 e.